The molecule has 1 fully saturated rings. The molecule has 0 radical (unpaired) electrons. The molecule has 0 bridgehead atoms. The molecule has 0 aromatic carbocycles. The van der Waals surface area contributed by atoms with Crippen LogP contribution in [-0.4, -0.2) is 63.1 Å². The van der Waals surface area contributed by atoms with Gasteiger partial charge in [0.05, 0.1) is 25.1 Å². The van der Waals surface area contributed by atoms with E-state index < -0.39 is 11.9 Å². The lowest BCUT2D eigenvalue weighted by Gasteiger charge is -2.27. The van der Waals surface area contributed by atoms with Crippen LogP contribution in [0.1, 0.15) is 31.9 Å². The summed E-state index contributed by atoms with van der Waals surface area (Å²) in [5, 5.41) is 20.4. The highest BCUT2D eigenvalue weighted by Gasteiger charge is 2.13. The lowest BCUT2D eigenvalue weighted by Crippen LogP contribution is -2.37. The van der Waals surface area contributed by atoms with Gasteiger partial charge in [0.1, 0.15) is 5.82 Å². The predicted molar refractivity (Wildman–Crippen MR) is 109 cm³/mol. The molecule has 0 atom stereocenters. The molecule has 3 rings (SSSR count). The van der Waals surface area contributed by atoms with Gasteiger partial charge in [-0.1, -0.05) is 25.8 Å². The van der Waals surface area contributed by atoms with Gasteiger partial charge < -0.3 is 19.8 Å². The van der Waals surface area contributed by atoms with Gasteiger partial charge in [-0.05, 0) is 24.6 Å². The second kappa shape index (κ2) is 11.6. The van der Waals surface area contributed by atoms with Crippen LogP contribution in [0.25, 0.3) is 11.7 Å². The number of carboxylic acids is 2. The van der Waals surface area contributed by atoms with E-state index in [0.29, 0.717) is 12.2 Å². The first-order valence-corrected chi connectivity index (χ1v) is 9.49. The quantitative estimate of drug-likeness (QED) is 0.536. The summed E-state index contributed by atoms with van der Waals surface area (Å²) in [6.07, 6.45) is 10.9. The molecular weight excluding hydrogens is 376 g/mol. The molecule has 0 aliphatic carbocycles. The third-order valence-corrected chi connectivity index (χ3v) is 4.09. The van der Waals surface area contributed by atoms with E-state index in [4.69, 9.17) is 20.0 Å². The summed E-state index contributed by atoms with van der Waals surface area (Å²) >= 11 is 0. The number of anilines is 1. The Bertz CT molecular complexity index is 853. The van der Waals surface area contributed by atoms with Crippen LogP contribution in [0, 0.1) is 0 Å². The fourth-order valence-electron chi connectivity index (χ4n) is 2.62. The van der Waals surface area contributed by atoms with E-state index >= 15 is 0 Å². The molecule has 0 saturated carbocycles. The van der Waals surface area contributed by atoms with Crippen molar-refractivity contribution >= 4 is 29.5 Å². The Hall–Kier alpha value is -3.20. The van der Waals surface area contributed by atoms with Gasteiger partial charge in [0.2, 0.25) is 0 Å². The van der Waals surface area contributed by atoms with Crippen molar-refractivity contribution in [3.8, 4) is 0 Å². The number of carbonyl (C=O) groups is 2. The Labute approximate surface area is 168 Å². The van der Waals surface area contributed by atoms with Gasteiger partial charge in [0.25, 0.3) is 0 Å². The van der Waals surface area contributed by atoms with Crippen molar-refractivity contribution < 1.29 is 24.5 Å². The van der Waals surface area contributed by atoms with Crippen LogP contribution in [-0.2, 0) is 14.3 Å². The van der Waals surface area contributed by atoms with Crippen molar-refractivity contribution in [3.05, 3.63) is 42.3 Å². The summed E-state index contributed by atoms with van der Waals surface area (Å²) in [4.78, 5) is 25.8. The largest absolute Gasteiger partial charge is 0.478 e. The number of allylic oxidation sites excluding steroid dienone is 1. The van der Waals surface area contributed by atoms with Gasteiger partial charge in [-0.25, -0.2) is 19.1 Å². The lowest BCUT2D eigenvalue weighted by atomic mass is 10.2. The van der Waals surface area contributed by atoms with Crippen LogP contribution in [0.5, 0.6) is 0 Å². The summed E-state index contributed by atoms with van der Waals surface area (Å²) in [5.74, 6) is -1.52. The number of unbranched alkanes of at least 4 members (excludes halogenated alkanes) is 2. The second-order valence-corrected chi connectivity index (χ2v) is 6.30. The average molecular weight is 402 g/mol. The van der Waals surface area contributed by atoms with Crippen molar-refractivity contribution in [2.24, 2.45) is 0 Å². The highest BCUT2D eigenvalue weighted by Crippen LogP contribution is 2.15. The minimum atomic E-state index is -1.26. The number of fused-ring (bicyclic) bond motifs is 1. The minimum Gasteiger partial charge on any atom is -0.478 e. The van der Waals surface area contributed by atoms with Crippen molar-refractivity contribution in [2.75, 3.05) is 31.2 Å². The third-order valence-electron chi connectivity index (χ3n) is 4.09. The van der Waals surface area contributed by atoms with Gasteiger partial charge >= 0.3 is 11.9 Å². The standard InChI is InChI=1S/C16H22N4O.C4H4O4/c1-2-3-4-5-6-14-13-17-15-7-8-16(18-20(14)15)19-9-11-21-12-10-19;5-3(6)1-2-4(7)8/h5-8,13H,2-4,9-12H2,1H3;1-2H,(H,5,6)(H,7,8)/b6-5+;2-1+. The molecule has 9 heteroatoms. The first-order valence-electron chi connectivity index (χ1n) is 9.49. The van der Waals surface area contributed by atoms with E-state index in [1.54, 1.807) is 0 Å². The van der Waals surface area contributed by atoms with E-state index in [2.05, 4.69) is 29.0 Å². The zero-order valence-corrected chi connectivity index (χ0v) is 16.4. The number of hydrogen-bond acceptors (Lipinski definition) is 6. The molecule has 9 nitrogen and oxygen atoms in total. The fourth-order valence-corrected chi connectivity index (χ4v) is 2.62. The highest BCUT2D eigenvalue weighted by molar-refractivity contribution is 5.89. The minimum absolute atomic E-state index is 0.558. The lowest BCUT2D eigenvalue weighted by molar-refractivity contribution is -0.134. The first kappa shape index (κ1) is 22.1. The normalized spacial score (nSPS) is 14.3. The van der Waals surface area contributed by atoms with E-state index in [0.717, 1.165) is 49.9 Å². The predicted octanol–water partition coefficient (Wildman–Crippen LogP) is 2.48. The molecule has 1 saturated heterocycles. The van der Waals surface area contributed by atoms with Gasteiger partial charge in [-0.15, -0.1) is 5.10 Å². The number of rotatable bonds is 7. The molecule has 2 aromatic rings. The van der Waals surface area contributed by atoms with Crippen LogP contribution in [0.15, 0.2) is 36.6 Å². The SMILES string of the molecule is CCCC/C=C/c1cnc2ccc(N3CCOCC3)nn12.O=C(O)/C=C/C(=O)O. The fraction of sp³-hybridized carbons (Fsp3) is 0.400. The Balaban J connectivity index is 0.000000321. The number of hydrogen-bond donors (Lipinski definition) is 2. The summed E-state index contributed by atoms with van der Waals surface area (Å²) < 4.78 is 7.32. The van der Waals surface area contributed by atoms with Crippen molar-refractivity contribution in [1.82, 2.24) is 14.6 Å². The molecule has 0 unspecified atom stereocenters. The topological polar surface area (TPSA) is 117 Å². The molecule has 1 aliphatic rings. The van der Waals surface area contributed by atoms with Crippen molar-refractivity contribution in [3.63, 3.8) is 0 Å². The summed E-state index contributed by atoms with van der Waals surface area (Å²) in [6.45, 7) is 5.54. The maximum Gasteiger partial charge on any atom is 0.328 e. The molecule has 156 valence electrons. The van der Waals surface area contributed by atoms with Crippen molar-refractivity contribution in [1.29, 1.82) is 0 Å². The Morgan fingerprint density at radius 3 is 2.48 bits per heavy atom. The highest BCUT2D eigenvalue weighted by atomic mass is 16.5. The van der Waals surface area contributed by atoms with Crippen LogP contribution in [0.4, 0.5) is 5.82 Å². The Morgan fingerprint density at radius 1 is 1.17 bits per heavy atom. The molecule has 29 heavy (non-hydrogen) atoms. The van der Waals surface area contributed by atoms with Crippen LogP contribution >= 0.6 is 0 Å². The maximum absolute atomic E-state index is 9.55. The van der Waals surface area contributed by atoms with Gasteiger partial charge in [0, 0.05) is 25.2 Å². The molecule has 0 spiro atoms. The van der Waals surface area contributed by atoms with Gasteiger partial charge in [0.15, 0.2) is 5.65 Å². The number of nitrogens with zero attached hydrogens (tertiary/aromatic N) is 4. The molecular formula is C20H26N4O5. The molecule has 3 heterocycles. The number of aliphatic carboxylic acids is 2. The Morgan fingerprint density at radius 2 is 1.86 bits per heavy atom. The Kier molecular flexibility index (Phi) is 8.84. The maximum atomic E-state index is 9.55. The monoisotopic (exact) mass is 402 g/mol. The van der Waals surface area contributed by atoms with Crippen LogP contribution < -0.4 is 4.90 Å². The summed E-state index contributed by atoms with van der Waals surface area (Å²) in [7, 11) is 0. The van der Waals surface area contributed by atoms with Crippen LogP contribution in [0.3, 0.4) is 0 Å². The molecule has 0 amide bonds. The number of aromatic nitrogens is 3. The van der Waals surface area contributed by atoms with E-state index in [9.17, 15) is 9.59 Å². The first-order chi connectivity index (χ1) is 14.0. The van der Waals surface area contributed by atoms with Gasteiger partial charge in [-0.3, -0.25) is 0 Å². The van der Waals surface area contributed by atoms with Crippen molar-refractivity contribution in [2.45, 2.75) is 26.2 Å². The summed E-state index contributed by atoms with van der Waals surface area (Å²) in [6, 6.07) is 4.07. The van der Waals surface area contributed by atoms with E-state index in [-0.39, 0.29) is 0 Å². The zero-order valence-electron chi connectivity index (χ0n) is 16.4. The van der Waals surface area contributed by atoms with E-state index in [1.165, 1.54) is 12.8 Å². The molecule has 1 aliphatic heterocycles. The van der Waals surface area contributed by atoms with Gasteiger partial charge in [-0.2, -0.15) is 0 Å². The number of ether oxygens (including phenoxy) is 1. The van der Waals surface area contributed by atoms with Crippen LogP contribution in [0.2, 0.25) is 0 Å². The number of imidazole rings is 1. The van der Waals surface area contributed by atoms with E-state index in [1.807, 2.05) is 22.8 Å². The third kappa shape index (κ3) is 7.38. The summed E-state index contributed by atoms with van der Waals surface area (Å²) in [5.41, 5.74) is 1.93. The molecule has 2 aromatic heterocycles. The molecule has 2 N–H and O–H groups in total. The smallest absolute Gasteiger partial charge is 0.328 e. The number of morpholine rings is 1. The second-order valence-electron chi connectivity index (χ2n) is 6.30. The average Bonchev–Trinajstić information content (AvgIpc) is 3.13. The zero-order chi connectivity index (χ0) is 21.1. The number of carboxylic acid groups (broad SMARTS) is 2.